The number of ether oxygens (including phenoxy) is 3. The van der Waals surface area contributed by atoms with Crippen molar-refractivity contribution in [1.29, 1.82) is 0 Å². The van der Waals surface area contributed by atoms with Crippen LogP contribution in [0.2, 0.25) is 0 Å². The van der Waals surface area contributed by atoms with Crippen molar-refractivity contribution in [3.05, 3.63) is 48.2 Å². The zero-order valence-corrected chi connectivity index (χ0v) is 18.5. The van der Waals surface area contributed by atoms with E-state index in [4.69, 9.17) is 14.2 Å². The van der Waals surface area contributed by atoms with E-state index in [1.165, 1.54) is 0 Å². The number of hydrogen-bond acceptors (Lipinski definition) is 6. The van der Waals surface area contributed by atoms with Gasteiger partial charge in [-0.25, -0.2) is 9.78 Å². The van der Waals surface area contributed by atoms with Gasteiger partial charge in [0.25, 0.3) is 0 Å². The van der Waals surface area contributed by atoms with Crippen molar-refractivity contribution in [2.45, 2.75) is 39.0 Å². The van der Waals surface area contributed by atoms with Crippen molar-refractivity contribution in [3.8, 4) is 17.4 Å². The van der Waals surface area contributed by atoms with Crippen LogP contribution in [-0.2, 0) is 11.3 Å². The van der Waals surface area contributed by atoms with Gasteiger partial charge in [0, 0.05) is 51.1 Å². The predicted molar refractivity (Wildman–Crippen MR) is 119 cm³/mol. The monoisotopic (exact) mass is 428 g/mol. The third-order valence-electron chi connectivity index (χ3n) is 4.95. The number of amides is 2. The maximum atomic E-state index is 12.0. The first-order chi connectivity index (χ1) is 15.0. The lowest BCUT2D eigenvalue weighted by Crippen LogP contribution is -2.46. The number of carbonyl (C=O) groups excluding carboxylic acids is 1. The first kappa shape index (κ1) is 22.8. The smallest absolute Gasteiger partial charge is 0.315 e. The molecular weight excluding hydrogens is 396 g/mol. The molecule has 0 saturated carbocycles. The standard InChI is InChI=1S/C23H32N4O4/c1-17-15-27(16-18(2)30-17)11-5-10-24-23(28)26-14-19-8-9-22(25-13-19)31-21-7-4-6-20(12-21)29-3/h4,6-9,12-13,17-18H,5,10-11,14-16H2,1-3H3,(H2,24,26,28). The molecule has 1 aromatic carbocycles. The third kappa shape index (κ3) is 7.73. The number of nitrogens with one attached hydrogen (secondary N) is 2. The number of pyridine rings is 1. The molecule has 8 heteroatoms. The lowest BCUT2D eigenvalue weighted by Gasteiger charge is -2.35. The quantitative estimate of drug-likeness (QED) is 0.597. The van der Waals surface area contributed by atoms with Crippen molar-refractivity contribution in [1.82, 2.24) is 20.5 Å². The largest absolute Gasteiger partial charge is 0.497 e. The number of methoxy groups -OCH3 is 1. The van der Waals surface area contributed by atoms with Gasteiger partial charge in [0.1, 0.15) is 11.5 Å². The fraction of sp³-hybridized carbons (Fsp3) is 0.478. The molecule has 2 unspecified atom stereocenters. The van der Waals surface area contributed by atoms with Crippen LogP contribution in [0.3, 0.4) is 0 Å². The summed E-state index contributed by atoms with van der Waals surface area (Å²) >= 11 is 0. The van der Waals surface area contributed by atoms with E-state index < -0.39 is 0 Å². The van der Waals surface area contributed by atoms with Crippen LogP contribution in [0, 0.1) is 0 Å². The van der Waals surface area contributed by atoms with Crippen LogP contribution >= 0.6 is 0 Å². The summed E-state index contributed by atoms with van der Waals surface area (Å²) in [6, 6.07) is 10.8. The summed E-state index contributed by atoms with van der Waals surface area (Å²) in [6.07, 6.45) is 3.13. The Morgan fingerprint density at radius 2 is 1.94 bits per heavy atom. The predicted octanol–water partition coefficient (Wildman–Crippen LogP) is 3.18. The summed E-state index contributed by atoms with van der Waals surface area (Å²) in [4.78, 5) is 18.7. The van der Waals surface area contributed by atoms with Gasteiger partial charge in [-0.3, -0.25) is 4.90 Å². The number of rotatable bonds is 9. The van der Waals surface area contributed by atoms with Crippen LogP contribution in [0.15, 0.2) is 42.6 Å². The van der Waals surface area contributed by atoms with Crippen molar-refractivity contribution < 1.29 is 19.0 Å². The van der Waals surface area contributed by atoms with Crippen molar-refractivity contribution in [3.63, 3.8) is 0 Å². The van der Waals surface area contributed by atoms with Crippen LogP contribution in [0.1, 0.15) is 25.8 Å². The molecule has 2 heterocycles. The van der Waals surface area contributed by atoms with E-state index in [1.807, 2.05) is 24.3 Å². The summed E-state index contributed by atoms with van der Waals surface area (Å²) < 4.78 is 16.7. The summed E-state index contributed by atoms with van der Waals surface area (Å²) in [5, 5.41) is 5.76. The molecule has 0 aliphatic carbocycles. The molecular formula is C23H32N4O4. The molecule has 3 rings (SSSR count). The maximum absolute atomic E-state index is 12.0. The molecule has 1 aromatic heterocycles. The molecule has 8 nitrogen and oxygen atoms in total. The van der Waals surface area contributed by atoms with E-state index in [2.05, 4.69) is 34.4 Å². The van der Waals surface area contributed by atoms with Gasteiger partial charge < -0.3 is 24.8 Å². The number of nitrogens with zero attached hydrogens (tertiary/aromatic N) is 2. The third-order valence-corrected chi connectivity index (χ3v) is 4.95. The van der Waals surface area contributed by atoms with E-state index in [0.717, 1.165) is 37.4 Å². The van der Waals surface area contributed by atoms with Gasteiger partial charge in [-0.2, -0.15) is 0 Å². The second kappa shape index (κ2) is 11.5. The van der Waals surface area contributed by atoms with E-state index in [1.54, 1.807) is 25.4 Å². The number of morpholine rings is 1. The highest BCUT2D eigenvalue weighted by Gasteiger charge is 2.21. The lowest BCUT2D eigenvalue weighted by atomic mass is 10.2. The van der Waals surface area contributed by atoms with Crippen molar-refractivity contribution >= 4 is 6.03 Å². The molecule has 0 spiro atoms. The minimum Gasteiger partial charge on any atom is -0.497 e. The van der Waals surface area contributed by atoms with Gasteiger partial charge in [0.05, 0.1) is 19.3 Å². The minimum atomic E-state index is -0.180. The molecule has 2 aromatic rings. The lowest BCUT2D eigenvalue weighted by molar-refractivity contribution is -0.0679. The Kier molecular flexibility index (Phi) is 8.49. The molecule has 168 valence electrons. The molecule has 0 radical (unpaired) electrons. The summed E-state index contributed by atoms with van der Waals surface area (Å²) in [7, 11) is 1.61. The molecule has 1 saturated heterocycles. The fourth-order valence-electron chi connectivity index (χ4n) is 3.58. The number of benzene rings is 1. The normalized spacial score (nSPS) is 18.9. The molecule has 31 heavy (non-hydrogen) atoms. The van der Waals surface area contributed by atoms with Crippen molar-refractivity contribution in [2.75, 3.05) is 33.3 Å². The highest BCUT2D eigenvalue weighted by atomic mass is 16.5. The number of aromatic nitrogens is 1. The highest BCUT2D eigenvalue weighted by molar-refractivity contribution is 5.73. The summed E-state index contributed by atoms with van der Waals surface area (Å²) in [5.41, 5.74) is 0.893. The molecule has 2 N–H and O–H groups in total. The van der Waals surface area contributed by atoms with E-state index in [0.29, 0.717) is 24.7 Å². The van der Waals surface area contributed by atoms with Gasteiger partial charge >= 0.3 is 6.03 Å². The Balaban J connectivity index is 1.33. The molecule has 1 aliphatic heterocycles. The van der Waals surface area contributed by atoms with E-state index in [9.17, 15) is 4.79 Å². The van der Waals surface area contributed by atoms with E-state index in [-0.39, 0.29) is 18.2 Å². The number of hydrogen-bond donors (Lipinski definition) is 2. The zero-order valence-electron chi connectivity index (χ0n) is 18.5. The molecule has 0 bridgehead atoms. The fourth-order valence-corrected chi connectivity index (χ4v) is 3.58. The SMILES string of the molecule is COc1cccc(Oc2ccc(CNC(=O)NCCCN3CC(C)OC(C)C3)cn2)c1. The molecule has 1 fully saturated rings. The van der Waals surface area contributed by atoms with Gasteiger partial charge in [0.15, 0.2) is 0 Å². The molecule has 1 aliphatic rings. The average molecular weight is 429 g/mol. The van der Waals surface area contributed by atoms with Crippen LogP contribution in [0.4, 0.5) is 4.79 Å². The Labute approximate surface area is 183 Å². The Hall–Kier alpha value is -2.84. The Bertz CT molecular complexity index is 821. The average Bonchev–Trinajstić information content (AvgIpc) is 2.76. The van der Waals surface area contributed by atoms with Crippen molar-refractivity contribution in [2.24, 2.45) is 0 Å². The molecule has 2 amide bonds. The van der Waals surface area contributed by atoms with Crippen LogP contribution in [0.5, 0.6) is 17.4 Å². The summed E-state index contributed by atoms with van der Waals surface area (Å²) in [6.45, 7) is 8.08. The van der Waals surface area contributed by atoms with Crippen LogP contribution < -0.4 is 20.1 Å². The van der Waals surface area contributed by atoms with Crippen LogP contribution in [0.25, 0.3) is 0 Å². The molecule has 2 atom stereocenters. The second-order valence-electron chi connectivity index (χ2n) is 7.77. The van der Waals surface area contributed by atoms with Crippen LogP contribution in [-0.4, -0.2) is 61.4 Å². The number of carbonyl (C=O) groups is 1. The first-order valence-corrected chi connectivity index (χ1v) is 10.7. The Morgan fingerprint density at radius 3 is 2.65 bits per heavy atom. The number of urea groups is 1. The first-order valence-electron chi connectivity index (χ1n) is 10.7. The van der Waals surface area contributed by atoms with Gasteiger partial charge in [-0.15, -0.1) is 0 Å². The van der Waals surface area contributed by atoms with E-state index >= 15 is 0 Å². The zero-order chi connectivity index (χ0) is 22.1. The van der Waals surface area contributed by atoms with Gasteiger partial charge in [0.2, 0.25) is 5.88 Å². The van der Waals surface area contributed by atoms with Gasteiger partial charge in [-0.05, 0) is 38.0 Å². The Morgan fingerprint density at radius 1 is 1.16 bits per heavy atom. The topological polar surface area (TPSA) is 85.0 Å². The van der Waals surface area contributed by atoms with Gasteiger partial charge in [-0.1, -0.05) is 12.1 Å². The summed E-state index contributed by atoms with van der Waals surface area (Å²) in [5.74, 6) is 1.85. The maximum Gasteiger partial charge on any atom is 0.315 e. The second-order valence-corrected chi connectivity index (χ2v) is 7.77. The highest BCUT2D eigenvalue weighted by Crippen LogP contribution is 2.23. The minimum absolute atomic E-state index is 0.180.